The van der Waals surface area contributed by atoms with Crippen molar-refractivity contribution in [2.24, 2.45) is 0 Å². The molecule has 1 aliphatic heterocycles. The van der Waals surface area contributed by atoms with Crippen molar-refractivity contribution in [2.75, 3.05) is 0 Å². The van der Waals surface area contributed by atoms with Gasteiger partial charge in [0.15, 0.2) is 34.9 Å². The van der Waals surface area contributed by atoms with Crippen LogP contribution >= 0.6 is 0 Å². The summed E-state index contributed by atoms with van der Waals surface area (Å²) in [5, 5.41) is 70.1. The normalized spacial score (nSPS) is 16.8. The molecule has 11 nitrogen and oxygen atoms in total. The summed E-state index contributed by atoms with van der Waals surface area (Å²) in [6, 6.07) is 6.66. The summed E-state index contributed by atoms with van der Waals surface area (Å²) >= 11 is 0. The number of hydrogen-bond donors (Lipinski definition) is 7. The van der Waals surface area contributed by atoms with Gasteiger partial charge in [0.2, 0.25) is 5.75 Å². The van der Waals surface area contributed by atoms with Crippen molar-refractivity contribution in [1.29, 1.82) is 0 Å². The maximum absolute atomic E-state index is 12.9. The van der Waals surface area contributed by atoms with E-state index in [0.29, 0.717) is 0 Å². The molecule has 3 aromatic carbocycles. The fraction of sp³-hybridized carbons (Fsp3) is 0.240. The first-order valence-corrected chi connectivity index (χ1v) is 10.8. The van der Waals surface area contributed by atoms with Gasteiger partial charge in [-0.25, -0.2) is 4.79 Å². The number of benzene rings is 3. The van der Waals surface area contributed by atoms with Crippen molar-refractivity contribution in [2.45, 2.75) is 38.6 Å². The number of ether oxygens (including phenoxy) is 3. The van der Waals surface area contributed by atoms with Crippen LogP contribution in [0.15, 0.2) is 36.4 Å². The highest BCUT2D eigenvalue weighted by molar-refractivity contribution is 5.91. The van der Waals surface area contributed by atoms with Gasteiger partial charge in [-0.3, -0.25) is 0 Å². The van der Waals surface area contributed by atoms with Crippen LogP contribution in [0.3, 0.4) is 0 Å². The van der Waals surface area contributed by atoms with Crippen LogP contribution in [-0.4, -0.2) is 53.9 Å². The van der Waals surface area contributed by atoms with E-state index in [1.165, 1.54) is 18.2 Å². The van der Waals surface area contributed by atoms with Crippen LogP contribution in [0, 0.1) is 0 Å². The maximum atomic E-state index is 12.9. The molecule has 0 saturated heterocycles. The Morgan fingerprint density at radius 1 is 0.861 bits per heavy atom. The molecule has 4 rings (SSSR count). The van der Waals surface area contributed by atoms with E-state index in [4.69, 9.17) is 14.2 Å². The summed E-state index contributed by atoms with van der Waals surface area (Å²) in [6.45, 7) is 3.42. The lowest BCUT2D eigenvalue weighted by Gasteiger charge is -2.34. The first-order valence-electron chi connectivity index (χ1n) is 10.8. The van der Waals surface area contributed by atoms with E-state index in [1.54, 1.807) is 13.8 Å². The summed E-state index contributed by atoms with van der Waals surface area (Å²) < 4.78 is 16.9. The summed E-state index contributed by atoms with van der Waals surface area (Å²) in [7, 11) is 0. The zero-order valence-corrected chi connectivity index (χ0v) is 19.2. The minimum absolute atomic E-state index is 0.0891. The Labute approximate surface area is 204 Å². The second-order valence-corrected chi connectivity index (χ2v) is 8.55. The highest BCUT2D eigenvalue weighted by Gasteiger charge is 2.37. The topological polar surface area (TPSA) is 186 Å². The van der Waals surface area contributed by atoms with Gasteiger partial charge in [0, 0.05) is 29.7 Å². The van der Waals surface area contributed by atoms with E-state index < -0.39 is 46.9 Å². The molecule has 7 N–H and O–H groups in total. The lowest BCUT2D eigenvalue weighted by atomic mass is 9.93. The number of phenolic OH excluding ortho intramolecular Hbond substituents is 7. The molecule has 0 spiro atoms. The Morgan fingerprint density at radius 2 is 1.47 bits per heavy atom. The van der Waals surface area contributed by atoms with Crippen LogP contribution in [-0.2, 0) is 11.2 Å². The number of aromatic hydroxyl groups is 7. The molecule has 0 unspecified atom stereocenters. The van der Waals surface area contributed by atoms with Gasteiger partial charge in [-0.15, -0.1) is 0 Å². The van der Waals surface area contributed by atoms with Gasteiger partial charge in [0.25, 0.3) is 0 Å². The molecule has 190 valence electrons. The van der Waals surface area contributed by atoms with Gasteiger partial charge in [0.1, 0.15) is 23.4 Å². The Morgan fingerprint density at radius 3 is 2.06 bits per heavy atom. The molecule has 3 aromatic rings. The van der Waals surface area contributed by atoms with Crippen molar-refractivity contribution >= 4 is 5.97 Å². The fourth-order valence-electron chi connectivity index (χ4n) is 3.90. The molecular weight excluding hydrogens is 476 g/mol. The largest absolute Gasteiger partial charge is 0.508 e. The zero-order chi connectivity index (χ0) is 26.3. The molecular formula is C25H24O11. The van der Waals surface area contributed by atoms with Crippen LogP contribution in [0.4, 0.5) is 0 Å². The fourth-order valence-corrected chi connectivity index (χ4v) is 3.90. The van der Waals surface area contributed by atoms with Crippen LogP contribution in [0.25, 0.3) is 0 Å². The monoisotopic (exact) mass is 500 g/mol. The van der Waals surface area contributed by atoms with Gasteiger partial charge in [-0.05, 0) is 38.1 Å². The Balaban J connectivity index is 1.74. The van der Waals surface area contributed by atoms with Gasteiger partial charge in [-0.1, -0.05) is 0 Å². The van der Waals surface area contributed by atoms with Gasteiger partial charge in [0.05, 0.1) is 11.7 Å². The predicted octanol–water partition coefficient (Wildman–Crippen LogP) is 3.31. The van der Waals surface area contributed by atoms with E-state index in [9.17, 15) is 40.5 Å². The Bertz CT molecular complexity index is 1290. The van der Waals surface area contributed by atoms with Crippen molar-refractivity contribution in [3.05, 3.63) is 53.1 Å². The van der Waals surface area contributed by atoms with Crippen LogP contribution in [0.1, 0.15) is 41.4 Å². The number of carbonyl (C=O) groups is 1. The number of phenols is 7. The van der Waals surface area contributed by atoms with E-state index in [-0.39, 0.29) is 52.2 Å². The molecule has 0 saturated carbocycles. The molecule has 36 heavy (non-hydrogen) atoms. The van der Waals surface area contributed by atoms with Gasteiger partial charge in [-0.2, -0.15) is 0 Å². The second-order valence-electron chi connectivity index (χ2n) is 8.55. The number of fused-ring (bicyclic) bond motifs is 1. The van der Waals surface area contributed by atoms with Crippen molar-refractivity contribution in [3.63, 3.8) is 0 Å². The average Bonchev–Trinajstić information content (AvgIpc) is 2.79. The SMILES string of the molecule is CC(C)Oc1c(O)cc([C@H]2Oc3cc(O)cc(O)c3C[C@@H]2OC(=O)c2cc(O)c(O)c(O)c2)cc1O. The Kier molecular flexibility index (Phi) is 6.23. The highest BCUT2D eigenvalue weighted by atomic mass is 16.6. The molecule has 11 heteroatoms. The summed E-state index contributed by atoms with van der Waals surface area (Å²) in [4.78, 5) is 12.9. The lowest BCUT2D eigenvalue weighted by molar-refractivity contribution is -0.0189. The first-order chi connectivity index (χ1) is 16.9. The van der Waals surface area contributed by atoms with Crippen LogP contribution in [0.5, 0.6) is 51.7 Å². The maximum Gasteiger partial charge on any atom is 0.338 e. The zero-order valence-electron chi connectivity index (χ0n) is 19.2. The smallest absolute Gasteiger partial charge is 0.338 e. The molecule has 1 aliphatic rings. The number of hydrogen-bond acceptors (Lipinski definition) is 11. The molecule has 0 amide bonds. The molecule has 2 atom stereocenters. The minimum Gasteiger partial charge on any atom is -0.508 e. The summed E-state index contributed by atoms with van der Waals surface area (Å²) in [6.07, 6.45) is -2.72. The quantitative estimate of drug-likeness (QED) is 0.201. The second kappa shape index (κ2) is 9.17. The van der Waals surface area contributed by atoms with Gasteiger partial charge < -0.3 is 50.0 Å². The van der Waals surface area contributed by atoms with E-state index >= 15 is 0 Å². The number of esters is 1. The standard InChI is InChI=1S/C25H24O11/c1-10(2)34-24-18(30)3-11(4-19(24)31)23-21(9-14-15(27)7-13(26)8-20(14)35-23)36-25(33)12-5-16(28)22(32)17(29)6-12/h3-8,10,21,23,26-32H,9H2,1-2H3/t21-,23+/m0/s1. The summed E-state index contributed by atoms with van der Waals surface area (Å²) in [5.41, 5.74) is 0.129. The van der Waals surface area contributed by atoms with Crippen LogP contribution in [0.2, 0.25) is 0 Å². The third-order valence-electron chi connectivity index (χ3n) is 5.49. The van der Waals surface area contributed by atoms with Crippen molar-refractivity contribution in [1.82, 2.24) is 0 Å². The Hall–Kier alpha value is -4.67. The van der Waals surface area contributed by atoms with Crippen molar-refractivity contribution < 1.29 is 54.8 Å². The van der Waals surface area contributed by atoms with Gasteiger partial charge >= 0.3 is 5.97 Å². The minimum atomic E-state index is -1.14. The third kappa shape index (κ3) is 4.63. The molecule has 1 heterocycles. The van der Waals surface area contributed by atoms with Crippen molar-refractivity contribution in [3.8, 4) is 51.7 Å². The molecule has 0 fully saturated rings. The highest BCUT2D eigenvalue weighted by Crippen LogP contribution is 2.46. The van der Waals surface area contributed by atoms with Crippen LogP contribution < -0.4 is 9.47 Å². The van der Waals surface area contributed by atoms with E-state index in [1.807, 2.05) is 0 Å². The molecule has 0 aromatic heterocycles. The van der Waals surface area contributed by atoms with E-state index in [0.717, 1.165) is 18.2 Å². The number of rotatable bonds is 5. The average molecular weight is 500 g/mol. The first kappa shape index (κ1) is 24.5. The third-order valence-corrected chi connectivity index (χ3v) is 5.49. The molecule has 0 aliphatic carbocycles. The number of carbonyl (C=O) groups excluding carboxylic acids is 1. The predicted molar refractivity (Wildman–Crippen MR) is 123 cm³/mol. The van der Waals surface area contributed by atoms with E-state index in [2.05, 4.69) is 0 Å². The summed E-state index contributed by atoms with van der Waals surface area (Å²) in [5.74, 6) is -4.74. The molecule has 0 radical (unpaired) electrons. The lowest BCUT2D eigenvalue weighted by Crippen LogP contribution is -2.34. The molecule has 0 bridgehead atoms.